The number of nitrogens with zero attached hydrogens (tertiary/aromatic N) is 3. The van der Waals surface area contributed by atoms with Gasteiger partial charge in [-0.1, -0.05) is 31.7 Å². The zero-order chi connectivity index (χ0) is 15.2. The van der Waals surface area contributed by atoms with E-state index in [1.54, 1.807) is 0 Å². The molecule has 1 N–H and O–H groups in total. The van der Waals surface area contributed by atoms with Crippen LogP contribution < -0.4 is 10.2 Å². The maximum absolute atomic E-state index is 4.68. The second kappa shape index (κ2) is 7.93. The van der Waals surface area contributed by atoms with Gasteiger partial charge in [0.25, 0.3) is 0 Å². The van der Waals surface area contributed by atoms with Gasteiger partial charge in [-0.15, -0.1) is 0 Å². The summed E-state index contributed by atoms with van der Waals surface area (Å²) in [6, 6.07) is 5.01. The number of aromatic nitrogens is 1. The minimum absolute atomic E-state index is 0.697. The number of anilines is 1. The van der Waals surface area contributed by atoms with Gasteiger partial charge in [-0.05, 0) is 26.0 Å². The number of likely N-dealkylation sites (N-methyl/N-ethyl adjacent to an activating group) is 1. The van der Waals surface area contributed by atoms with E-state index in [0.717, 1.165) is 32.7 Å². The minimum atomic E-state index is 0.697. The molecule has 0 amide bonds. The van der Waals surface area contributed by atoms with Gasteiger partial charge in [-0.25, -0.2) is 4.98 Å². The second-order valence-corrected chi connectivity index (χ2v) is 6.85. The molecule has 0 atom stereocenters. The van der Waals surface area contributed by atoms with Crippen molar-refractivity contribution in [3.05, 3.63) is 23.9 Å². The van der Waals surface area contributed by atoms with E-state index >= 15 is 0 Å². The molecule has 2 heterocycles. The van der Waals surface area contributed by atoms with Gasteiger partial charge < -0.3 is 15.1 Å². The van der Waals surface area contributed by atoms with Crippen LogP contribution in [0.5, 0.6) is 0 Å². The average molecular weight is 302 g/mol. The SMILES string of the molecule is CN1CCN(c2ncccc2CNC2CCCCCC2)CC1. The molecule has 0 spiro atoms. The lowest BCUT2D eigenvalue weighted by atomic mass is 10.1. The van der Waals surface area contributed by atoms with E-state index in [1.165, 1.54) is 49.9 Å². The third-order valence-electron chi connectivity index (χ3n) is 5.11. The number of pyridine rings is 1. The highest BCUT2D eigenvalue weighted by Crippen LogP contribution is 2.21. The maximum Gasteiger partial charge on any atom is 0.133 e. The molecule has 1 saturated heterocycles. The van der Waals surface area contributed by atoms with E-state index in [0.29, 0.717) is 6.04 Å². The Kier molecular flexibility index (Phi) is 5.68. The molecule has 1 aromatic rings. The molecule has 2 aliphatic rings. The zero-order valence-corrected chi connectivity index (χ0v) is 13.9. The van der Waals surface area contributed by atoms with Gasteiger partial charge in [-0.2, -0.15) is 0 Å². The summed E-state index contributed by atoms with van der Waals surface area (Å²) in [6.07, 6.45) is 10.2. The highest BCUT2D eigenvalue weighted by atomic mass is 15.3. The smallest absolute Gasteiger partial charge is 0.133 e. The van der Waals surface area contributed by atoms with Crippen LogP contribution in [0.15, 0.2) is 18.3 Å². The molecule has 0 aromatic carbocycles. The first-order chi connectivity index (χ1) is 10.8. The van der Waals surface area contributed by atoms with E-state index in [2.05, 4.69) is 39.3 Å². The van der Waals surface area contributed by atoms with Gasteiger partial charge >= 0.3 is 0 Å². The van der Waals surface area contributed by atoms with Crippen molar-refractivity contribution in [1.29, 1.82) is 0 Å². The van der Waals surface area contributed by atoms with Crippen molar-refractivity contribution in [3.8, 4) is 0 Å². The Morgan fingerprint density at radius 3 is 2.55 bits per heavy atom. The molecule has 122 valence electrons. The summed E-state index contributed by atoms with van der Waals surface area (Å²) in [7, 11) is 2.20. The molecule has 1 aromatic heterocycles. The van der Waals surface area contributed by atoms with Gasteiger partial charge in [0.1, 0.15) is 5.82 Å². The molecule has 4 nitrogen and oxygen atoms in total. The largest absolute Gasteiger partial charge is 0.354 e. The van der Waals surface area contributed by atoms with Gasteiger partial charge in [0.05, 0.1) is 0 Å². The van der Waals surface area contributed by atoms with Gasteiger partial charge in [-0.3, -0.25) is 0 Å². The van der Waals surface area contributed by atoms with Gasteiger partial charge in [0.15, 0.2) is 0 Å². The minimum Gasteiger partial charge on any atom is -0.354 e. The molecule has 1 aliphatic heterocycles. The fourth-order valence-corrected chi connectivity index (χ4v) is 3.61. The average Bonchev–Trinajstić information content (AvgIpc) is 2.83. The first-order valence-corrected chi connectivity index (χ1v) is 8.94. The molecule has 22 heavy (non-hydrogen) atoms. The number of hydrogen-bond acceptors (Lipinski definition) is 4. The van der Waals surface area contributed by atoms with Crippen LogP contribution in [-0.4, -0.2) is 49.2 Å². The Morgan fingerprint density at radius 2 is 1.82 bits per heavy atom. The highest BCUT2D eigenvalue weighted by molar-refractivity contribution is 5.47. The van der Waals surface area contributed by atoms with Crippen LogP contribution in [0.3, 0.4) is 0 Å². The lowest BCUT2D eigenvalue weighted by Crippen LogP contribution is -2.45. The van der Waals surface area contributed by atoms with Crippen molar-refractivity contribution in [2.75, 3.05) is 38.1 Å². The number of hydrogen-bond donors (Lipinski definition) is 1. The molecule has 3 rings (SSSR count). The molecule has 1 saturated carbocycles. The third-order valence-corrected chi connectivity index (χ3v) is 5.11. The Morgan fingerprint density at radius 1 is 1.09 bits per heavy atom. The first-order valence-electron chi connectivity index (χ1n) is 8.94. The highest BCUT2D eigenvalue weighted by Gasteiger charge is 2.18. The van der Waals surface area contributed by atoms with Crippen LogP contribution in [0, 0.1) is 0 Å². The van der Waals surface area contributed by atoms with E-state index in [4.69, 9.17) is 0 Å². The molecule has 0 unspecified atom stereocenters. The predicted octanol–water partition coefficient (Wildman–Crippen LogP) is 2.65. The van der Waals surface area contributed by atoms with E-state index in [9.17, 15) is 0 Å². The van der Waals surface area contributed by atoms with Crippen molar-refractivity contribution in [2.45, 2.75) is 51.1 Å². The third kappa shape index (κ3) is 4.20. The predicted molar refractivity (Wildman–Crippen MR) is 92.3 cm³/mol. The molecule has 2 fully saturated rings. The summed E-state index contributed by atoms with van der Waals surface area (Å²) in [4.78, 5) is 9.52. The Labute approximate surface area is 134 Å². The van der Waals surface area contributed by atoms with Crippen LogP contribution in [0.1, 0.15) is 44.1 Å². The number of rotatable bonds is 4. The zero-order valence-electron chi connectivity index (χ0n) is 13.9. The number of piperazine rings is 1. The van der Waals surface area contributed by atoms with Crippen molar-refractivity contribution in [2.24, 2.45) is 0 Å². The van der Waals surface area contributed by atoms with Crippen LogP contribution in [0.25, 0.3) is 0 Å². The summed E-state index contributed by atoms with van der Waals surface area (Å²) >= 11 is 0. The summed E-state index contributed by atoms with van der Waals surface area (Å²) in [6.45, 7) is 5.40. The number of nitrogens with one attached hydrogen (secondary N) is 1. The lowest BCUT2D eigenvalue weighted by Gasteiger charge is -2.34. The van der Waals surface area contributed by atoms with Crippen molar-refractivity contribution in [1.82, 2.24) is 15.2 Å². The monoisotopic (exact) mass is 302 g/mol. The van der Waals surface area contributed by atoms with E-state index in [-0.39, 0.29) is 0 Å². The van der Waals surface area contributed by atoms with Crippen molar-refractivity contribution >= 4 is 5.82 Å². The van der Waals surface area contributed by atoms with Gasteiger partial charge in [0, 0.05) is 50.5 Å². The Bertz CT molecular complexity index is 446. The summed E-state index contributed by atoms with van der Waals surface area (Å²) in [5.41, 5.74) is 1.36. The molecular formula is C18H30N4. The molecule has 1 aliphatic carbocycles. The first kappa shape index (κ1) is 15.8. The fraction of sp³-hybridized carbons (Fsp3) is 0.722. The van der Waals surface area contributed by atoms with Crippen LogP contribution in [-0.2, 0) is 6.54 Å². The quantitative estimate of drug-likeness (QED) is 0.867. The van der Waals surface area contributed by atoms with Crippen molar-refractivity contribution < 1.29 is 0 Å². The molecule has 0 radical (unpaired) electrons. The standard InChI is InChI=1S/C18H30N4/c1-21-11-13-22(14-12-21)18-16(7-6-10-19-18)15-20-17-8-4-2-3-5-9-17/h6-7,10,17,20H,2-5,8-9,11-15H2,1H3. The Balaban J connectivity index is 1.61. The fourth-order valence-electron chi connectivity index (χ4n) is 3.61. The van der Waals surface area contributed by atoms with Crippen LogP contribution >= 0.6 is 0 Å². The second-order valence-electron chi connectivity index (χ2n) is 6.85. The summed E-state index contributed by atoms with van der Waals surface area (Å²) in [5, 5.41) is 3.79. The molecule has 0 bridgehead atoms. The maximum atomic E-state index is 4.68. The van der Waals surface area contributed by atoms with Gasteiger partial charge in [0.2, 0.25) is 0 Å². The summed E-state index contributed by atoms with van der Waals surface area (Å²) < 4.78 is 0. The van der Waals surface area contributed by atoms with E-state index < -0.39 is 0 Å². The topological polar surface area (TPSA) is 31.4 Å². The van der Waals surface area contributed by atoms with Crippen LogP contribution in [0.2, 0.25) is 0 Å². The van der Waals surface area contributed by atoms with Crippen LogP contribution in [0.4, 0.5) is 5.82 Å². The normalized spacial score (nSPS) is 21.8. The molecule has 4 heteroatoms. The Hall–Kier alpha value is -1.13. The molecular weight excluding hydrogens is 272 g/mol. The lowest BCUT2D eigenvalue weighted by molar-refractivity contribution is 0.311. The summed E-state index contributed by atoms with van der Waals surface area (Å²) in [5.74, 6) is 1.19. The van der Waals surface area contributed by atoms with E-state index in [1.807, 2.05) is 6.20 Å². The van der Waals surface area contributed by atoms with Crippen molar-refractivity contribution in [3.63, 3.8) is 0 Å².